The lowest BCUT2D eigenvalue weighted by Crippen LogP contribution is -2.45. The Morgan fingerprint density at radius 3 is 0.892 bits per heavy atom. The molecule has 0 aromatic carbocycles. The summed E-state index contributed by atoms with van der Waals surface area (Å²) in [6.07, 6.45) is 85.3. The van der Waals surface area contributed by atoms with Crippen LogP contribution in [0, 0.1) is 0 Å². The number of likely N-dealkylation sites (N-methyl/N-ethyl adjacent to an activating group) is 1. The third-order valence-corrected chi connectivity index (χ3v) is 18.7. The molecule has 3 unspecified atom stereocenters. The summed E-state index contributed by atoms with van der Waals surface area (Å²) in [6, 6.07) is -0.844. The van der Waals surface area contributed by atoms with Crippen molar-refractivity contribution in [3.8, 4) is 0 Å². The van der Waals surface area contributed by atoms with Gasteiger partial charge in [-0.2, -0.15) is 0 Å². The van der Waals surface area contributed by atoms with Gasteiger partial charge in [-0.05, 0) is 19.3 Å². The lowest BCUT2D eigenvalue weighted by molar-refractivity contribution is -0.870. The van der Waals surface area contributed by atoms with E-state index in [0.29, 0.717) is 17.4 Å². The SMILES string of the molecule is CCCCCCCCCCCCCCCCCCCCCCCCCC/C=C/C(O)C(COP(=O)(O)OCC[N+](C)(C)C)NC(=O)CCCCCCCCCCCCCCCCCCCCCCCCCCCCCCCCCCCCC. The van der Waals surface area contributed by atoms with Gasteiger partial charge in [0, 0.05) is 6.42 Å². The van der Waals surface area contributed by atoms with E-state index in [4.69, 9.17) is 9.05 Å². The number of rotatable bonds is 71. The van der Waals surface area contributed by atoms with Gasteiger partial charge in [-0.15, -0.1) is 0 Å². The molecular weight excluding hydrogens is 1040 g/mol. The summed E-state index contributed by atoms with van der Waals surface area (Å²) >= 11 is 0. The highest BCUT2D eigenvalue weighted by Crippen LogP contribution is 2.43. The Labute approximate surface area is 520 Å². The van der Waals surface area contributed by atoms with Gasteiger partial charge in [0.1, 0.15) is 13.2 Å². The van der Waals surface area contributed by atoms with Crippen molar-refractivity contribution < 1.29 is 32.9 Å². The van der Waals surface area contributed by atoms with Crippen LogP contribution in [0.15, 0.2) is 12.2 Å². The van der Waals surface area contributed by atoms with Crippen LogP contribution in [0.25, 0.3) is 0 Å². The zero-order valence-electron chi connectivity index (χ0n) is 57.0. The number of phosphoric acid groups is 1. The number of nitrogens with one attached hydrogen (secondary N) is 1. The number of unbranched alkanes of at least 4 members (excludes halogenated alkanes) is 58. The molecule has 1 amide bonds. The molecule has 0 heterocycles. The third kappa shape index (κ3) is 68.6. The topological polar surface area (TPSA) is 105 Å². The molecule has 0 rings (SSSR count). The van der Waals surface area contributed by atoms with Gasteiger partial charge in [0.05, 0.1) is 39.9 Å². The van der Waals surface area contributed by atoms with E-state index in [-0.39, 0.29) is 19.1 Å². The Balaban J connectivity index is 3.95. The van der Waals surface area contributed by atoms with Crippen molar-refractivity contribution in [3.63, 3.8) is 0 Å². The number of hydrogen-bond acceptors (Lipinski definition) is 5. The normalized spacial score (nSPS) is 13.6. The fraction of sp³-hybridized carbons (Fsp3) is 0.959. The summed E-state index contributed by atoms with van der Waals surface area (Å²) in [6.45, 7) is 4.90. The van der Waals surface area contributed by atoms with Crippen LogP contribution in [-0.2, 0) is 18.4 Å². The summed E-state index contributed by atoms with van der Waals surface area (Å²) in [5.41, 5.74) is 0. The van der Waals surface area contributed by atoms with Crippen molar-refractivity contribution in [1.82, 2.24) is 5.32 Å². The second-order valence-corrected chi connectivity index (χ2v) is 28.8. The van der Waals surface area contributed by atoms with Crippen molar-refractivity contribution in [2.75, 3.05) is 40.9 Å². The molecule has 3 N–H and O–H groups in total. The second kappa shape index (κ2) is 65.7. The third-order valence-electron chi connectivity index (χ3n) is 17.8. The van der Waals surface area contributed by atoms with E-state index in [0.717, 1.165) is 32.1 Å². The fourth-order valence-electron chi connectivity index (χ4n) is 11.9. The smallest absolute Gasteiger partial charge is 0.387 e. The van der Waals surface area contributed by atoms with Gasteiger partial charge >= 0.3 is 7.82 Å². The molecule has 0 saturated heterocycles. The van der Waals surface area contributed by atoms with Crippen LogP contribution >= 0.6 is 7.82 Å². The monoisotopic (exact) mass is 1190 g/mol. The summed E-state index contributed by atoms with van der Waals surface area (Å²) < 4.78 is 23.9. The minimum atomic E-state index is -4.35. The number of aliphatic hydroxyl groups excluding tert-OH is 1. The molecule has 0 bridgehead atoms. The zero-order chi connectivity index (χ0) is 60.5. The average Bonchev–Trinajstić information content (AvgIpc) is 3.49. The van der Waals surface area contributed by atoms with Crippen molar-refractivity contribution in [1.29, 1.82) is 0 Å². The summed E-state index contributed by atoms with van der Waals surface area (Å²) in [4.78, 5) is 23.5. The van der Waals surface area contributed by atoms with E-state index in [1.165, 1.54) is 353 Å². The summed E-state index contributed by atoms with van der Waals surface area (Å²) in [5, 5.41) is 14.0. The van der Waals surface area contributed by atoms with E-state index in [9.17, 15) is 19.4 Å². The molecule has 83 heavy (non-hydrogen) atoms. The Morgan fingerprint density at radius 1 is 0.398 bits per heavy atom. The van der Waals surface area contributed by atoms with Crippen LogP contribution < -0.4 is 5.32 Å². The van der Waals surface area contributed by atoms with Crippen molar-refractivity contribution in [2.24, 2.45) is 0 Å². The molecule has 3 atom stereocenters. The van der Waals surface area contributed by atoms with E-state index < -0.39 is 20.0 Å². The van der Waals surface area contributed by atoms with Gasteiger partial charge in [0.25, 0.3) is 0 Å². The predicted octanol–water partition coefficient (Wildman–Crippen LogP) is 24.1. The Kier molecular flexibility index (Phi) is 65.1. The first kappa shape index (κ1) is 82.2. The van der Waals surface area contributed by atoms with Crippen molar-refractivity contribution in [2.45, 2.75) is 418 Å². The first-order valence-corrected chi connectivity index (χ1v) is 39.1. The van der Waals surface area contributed by atoms with Gasteiger partial charge < -0.3 is 19.8 Å². The minimum absolute atomic E-state index is 0.0656. The first-order valence-electron chi connectivity index (χ1n) is 37.6. The number of hydrogen-bond donors (Lipinski definition) is 3. The molecule has 0 aliphatic carbocycles. The van der Waals surface area contributed by atoms with Gasteiger partial charge in [0.2, 0.25) is 5.91 Å². The maximum Gasteiger partial charge on any atom is 0.472 e. The molecule has 0 aliphatic heterocycles. The van der Waals surface area contributed by atoms with Crippen LogP contribution in [0.5, 0.6) is 0 Å². The van der Waals surface area contributed by atoms with Gasteiger partial charge in [-0.1, -0.05) is 392 Å². The maximum absolute atomic E-state index is 13.1. The molecule has 0 spiro atoms. The highest BCUT2D eigenvalue weighted by Gasteiger charge is 2.28. The Bertz CT molecular complexity index is 1360. The van der Waals surface area contributed by atoms with Crippen molar-refractivity contribution in [3.05, 3.63) is 12.2 Å². The van der Waals surface area contributed by atoms with Gasteiger partial charge in [-0.3, -0.25) is 13.8 Å². The van der Waals surface area contributed by atoms with E-state index in [1.807, 2.05) is 27.2 Å². The number of carbonyl (C=O) groups excluding carboxylic acids is 1. The second-order valence-electron chi connectivity index (χ2n) is 27.4. The fourth-order valence-corrected chi connectivity index (χ4v) is 12.7. The van der Waals surface area contributed by atoms with Crippen LogP contribution in [0.3, 0.4) is 0 Å². The van der Waals surface area contributed by atoms with E-state index in [1.54, 1.807) is 6.08 Å². The van der Waals surface area contributed by atoms with Gasteiger partial charge in [0.15, 0.2) is 0 Å². The summed E-state index contributed by atoms with van der Waals surface area (Å²) in [7, 11) is 1.60. The number of phosphoric ester groups is 1. The molecule has 0 saturated carbocycles. The number of nitrogens with zero attached hydrogens (tertiary/aromatic N) is 1. The van der Waals surface area contributed by atoms with Crippen LogP contribution in [0.4, 0.5) is 0 Å². The molecule has 496 valence electrons. The first-order chi connectivity index (χ1) is 40.5. The predicted molar refractivity (Wildman–Crippen MR) is 365 cm³/mol. The average molecular weight is 1190 g/mol. The zero-order valence-corrected chi connectivity index (χ0v) is 57.9. The number of aliphatic hydroxyl groups is 1. The minimum Gasteiger partial charge on any atom is -0.387 e. The molecule has 0 radical (unpaired) electrons. The number of amides is 1. The maximum atomic E-state index is 13.1. The van der Waals surface area contributed by atoms with Crippen molar-refractivity contribution >= 4 is 13.7 Å². The lowest BCUT2D eigenvalue weighted by atomic mass is 10.0. The molecule has 0 aromatic rings. The molecule has 8 nitrogen and oxygen atoms in total. The highest BCUT2D eigenvalue weighted by molar-refractivity contribution is 7.47. The Morgan fingerprint density at radius 2 is 0.639 bits per heavy atom. The number of carbonyl (C=O) groups is 1. The highest BCUT2D eigenvalue weighted by atomic mass is 31.2. The van der Waals surface area contributed by atoms with Crippen LogP contribution in [0.1, 0.15) is 406 Å². The molecule has 0 fully saturated rings. The summed E-state index contributed by atoms with van der Waals surface area (Å²) in [5.74, 6) is -0.166. The van der Waals surface area contributed by atoms with Gasteiger partial charge in [-0.25, -0.2) is 4.57 Å². The van der Waals surface area contributed by atoms with Crippen LogP contribution in [-0.4, -0.2) is 73.4 Å². The molecule has 9 heteroatoms. The molecule has 0 aliphatic rings. The largest absolute Gasteiger partial charge is 0.472 e. The van der Waals surface area contributed by atoms with Crippen LogP contribution in [0.2, 0.25) is 0 Å². The standard InChI is InChI=1S/C74H149N2O6P/c1-6-8-10-12-14-16-18-20-22-24-26-28-30-32-34-35-36-37-38-39-40-41-42-44-46-48-50-52-54-56-58-60-62-64-66-68-74(78)75-72(71-82-83(79,80)81-70-69-76(3,4)5)73(77)67-65-63-61-59-57-55-53-51-49-47-45-43-33-31-29-27-25-23-21-19-17-15-13-11-9-7-2/h65,67,72-73,77H,6-64,66,68-71H2,1-5H3,(H-,75,78,79,80)/p+1/b67-65+. The number of quaternary nitrogens is 1. The Hall–Kier alpha value is -0.760. The quantitative estimate of drug-likeness (QED) is 0.0243. The van der Waals surface area contributed by atoms with E-state index in [2.05, 4.69) is 19.2 Å². The van der Waals surface area contributed by atoms with E-state index >= 15 is 0 Å². The molecule has 0 aromatic heterocycles. The lowest BCUT2D eigenvalue weighted by Gasteiger charge is -2.25. The molecular formula is C74H150N2O6P+. The number of allylic oxidation sites excluding steroid dienone is 1.